The topological polar surface area (TPSA) is 91.6 Å². The number of benzene rings is 2. The molecule has 1 atom stereocenters. The molecule has 0 bridgehead atoms. The molecule has 0 radical (unpaired) electrons. The highest BCUT2D eigenvalue weighted by Gasteiger charge is 2.21. The van der Waals surface area contributed by atoms with E-state index >= 15 is 0 Å². The molecular weight excluding hydrogens is 386 g/mol. The number of anilines is 1. The molecule has 8 nitrogen and oxygen atoms in total. The Morgan fingerprint density at radius 1 is 1.13 bits per heavy atom. The smallest absolute Gasteiger partial charge is 0.332 e. The molecule has 1 N–H and O–H groups in total. The van der Waals surface area contributed by atoms with Crippen molar-refractivity contribution < 1.29 is 14.3 Å². The molecule has 1 amide bonds. The number of nitrogens with one attached hydrogen (secondary N) is 1. The summed E-state index contributed by atoms with van der Waals surface area (Å²) in [5.74, 6) is 0.311. The summed E-state index contributed by atoms with van der Waals surface area (Å²) in [5.41, 5.74) is 0.142. The number of methoxy groups -OCH3 is 1. The van der Waals surface area contributed by atoms with Crippen LogP contribution in [0.15, 0.2) is 58.1 Å². The maximum absolute atomic E-state index is 13.1. The van der Waals surface area contributed by atoms with Crippen LogP contribution in [-0.2, 0) is 22.6 Å². The molecule has 0 saturated carbocycles. The van der Waals surface area contributed by atoms with E-state index < -0.39 is 5.69 Å². The third-order valence-electron chi connectivity index (χ3n) is 5.22. The summed E-state index contributed by atoms with van der Waals surface area (Å²) in [7, 11) is 1.57. The van der Waals surface area contributed by atoms with Crippen LogP contribution in [0.25, 0.3) is 10.9 Å². The van der Waals surface area contributed by atoms with Gasteiger partial charge in [-0.15, -0.1) is 0 Å². The van der Waals surface area contributed by atoms with E-state index in [2.05, 4.69) is 5.32 Å². The average Bonchev–Trinajstić information content (AvgIpc) is 3.28. The van der Waals surface area contributed by atoms with Crippen LogP contribution in [0, 0.1) is 0 Å². The summed E-state index contributed by atoms with van der Waals surface area (Å²) < 4.78 is 13.2. The zero-order chi connectivity index (χ0) is 21.1. The molecule has 0 aliphatic carbocycles. The first kappa shape index (κ1) is 19.9. The lowest BCUT2D eigenvalue weighted by Crippen LogP contribution is -2.43. The molecular formula is C22H23N3O5. The standard InChI is InChI=1S/C22H23N3O5/c1-29-16-10-8-15(9-11-16)23-20(26)14-24-19-7-3-2-6-18(19)21(27)25(22(24)28)13-17-5-4-12-30-17/h2-3,6-11,17H,4-5,12-14H2,1H3,(H,23,26)/t17-/m0/s1. The summed E-state index contributed by atoms with van der Waals surface area (Å²) in [4.78, 5) is 38.7. The predicted molar refractivity (Wildman–Crippen MR) is 113 cm³/mol. The highest BCUT2D eigenvalue weighted by molar-refractivity contribution is 5.91. The molecule has 0 spiro atoms. The Bertz CT molecular complexity index is 1170. The molecule has 1 saturated heterocycles. The Hall–Kier alpha value is -3.39. The Balaban J connectivity index is 1.67. The average molecular weight is 409 g/mol. The molecule has 4 rings (SSSR count). The highest BCUT2D eigenvalue weighted by Crippen LogP contribution is 2.16. The number of carbonyl (C=O) groups is 1. The summed E-state index contributed by atoms with van der Waals surface area (Å²) >= 11 is 0. The van der Waals surface area contributed by atoms with Crippen LogP contribution < -0.4 is 21.3 Å². The van der Waals surface area contributed by atoms with Gasteiger partial charge in [-0.3, -0.25) is 18.7 Å². The van der Waals surface area contributed by atoms with Crippen molar-refractivity contribution in [3.05, 3.63) is 69.4 Å². The summed E-state index contributed by atoms with van der Waals surface area (Å²) in [6.45, 7) is 0.602. The van der Waals surface area contributed by atoms with Crippen molar-refractivity contribution in [3.8, 4) is 5.75 Å². The zero-order valence-electron chi connectivity index (χ0n) is 16.7. The summed E-state index contributed by atoms with van der Waals surface area (Å²) in [5, 5.41) is 3.17. The second-order valence-corrected chi connectivity index (χ2v) is 7.21. The van der Waals surface area contributed by atoms with Gasteiger partial charge in [-0.1, -0.05) is 12.1 Å². The fourth-order valence-corrected chi connectivity index (χ4v) is 3.70. The number of hydrogen-bond acceptors (Lipinski definition) is 5. The Morgan fingerprint density at radius 3 is 2.60 bits per heavy atom. The number of rotatable bonds is 6. The zero-order valence-corrected chi connectivity index (χ0v) is 16.7. The monoisotopic (exact) mass is 409 g/mol. The summed E-state index contributed by atoms with van der Waals surface area (Å²) in [6.07, 6.45) is 1.54. The molecule has 1 fully saturated rings. The van der Waals surface area contributed by atoms with Crippen molar-refractivity contribution >= 4 is 22.5 Å². The second kappa shape index (κ2) is 8.54. The van der Waals surface area contributed by atoms with E-state index in [1.54, 1.807) is 55.6 Å². The fraction of sp³-hybridized carbons (Fsp3) is 0.318. The number of ether oxygens (including phenoxy) is 2. The molecule has 1 aliphatic heterocycles. The van der Waals surface area contributed by atoms with Crippen LogP contribution in [0.1, 0.15) is 12.8 Å². The van der Waals surface area contributed by atoms with Crippen LogP contribution in [0.4, 0.5) is 5.69 Å². The number of amides is 1. The minimum absolute atomic E-state index is 0.168. The van der Waals surface area contributed by atoms with Gasteiger partial charge in [0, 0.05) is 12.3 Å². The first-order valence-corrected chi connectivity index (χ1v) is 9.84. The van der Waals surface area contributed by atoms with Crippen LogP contribution in [0.5, 0.6) is 5.75 Å². The SMILES string of the molecule is COc1ccc(NC(=O)Cn2c(=O)n(C[C@@H]3CCCO3)c(=O)c3ccccc32)cc1. The third-order valence-corrected chi connectivity index (χ3v) is 5.22. The number of nitrogens with zero attached hydrogens (tertiary/aromatic N) is 2. The van der Waals surface area contributed by atoms with Gasteiger partial charge < -0.3 is 14.8 Å². The summed E-state index contributed by atoms with van der Waals surface area (Å²) in [6, 6.07) is 13.7. The van der Waals surface area contributed by atoms with E-state index in [-0.39, 0.29) is 30.7 Å². The fourth-order valence-electron chi connectivity index (χ4n) is 3.70. The van der Waals surface area contributed by atoms with E-state index in [0.717, 1.165) is 12.8 Å². The molecule has 1 aliphatic rings. The number of carbonyl (C=O) groups excluding carboxylic acids is 1. The Kier molecular flexibility index (Phi) is 5.67. The molecule has 1 aromatic heterocycles. The maximum Gasteiger partial charge on any atom is 0.332 e. The number of para-hydroxylation sites is 1. The van der Waals surface area contributed by atoms with Gasteiger partial charge in [0.15, 0.2) is 0 Å². The van der Waals surface area contributed by atoms with E-state index in [9.17, 15) is 14.4 Å². The lowest BCUT2D eigenvalue weighted by Gasteiger charge is -2.16. The predicted octanol–water partition coefficient (Wildman–Crippen LogP) is 1.99. The van der Waals surface area contributed by atoms with Gasteiger partial charge in [0.1, 0.15) is 12.3 Å². The molecule has 30 heavy (non-hydrogen) atoms. The third kappa shape index (κ3) is 3.99. The lowest BCUT2D eigenvalue weighted by atomic mass is 10.2. The number of hydrogen-bond donors (Lipinski definition) is 1. The normalized spacial score (nSPS) is 16.0. The minimum Gasteiger partial charge on any atom is -0.497 e. The minimum atomic E-state index is -0.515. The molecule has 2 aromatic carbocycles. The Labute approximate surface area is 172 Å². The van der Waals surface area contributed by atoms with E-state index in [1.165, 1.54) is 9.13 Å². The highest BCUT2D eigenvalue weighted by atomic mass is 16.5. The molecule has 0 unspecified atom stereocenters. The first-order chi connectivity index (χ1) is 14.6. The number of fused-ring (bicyclic) bond motifs is 1. The molecule has 2 heterocycles. The maximum atomic E-state index is 13.1. The molecule has 3 aromatic rings. The van der Waals surface area contributed by atoms with Gasteiger partial charge in [0.2, 0.25) is 5.91 Å². The van der Waals surface area contributed by atoms with Crippen molar-refractivity contribution in [3.63, 3.8) is 0 Å². The van der Waals surface area contributed by atoms with Crippen molar-refractivity contribution in [2.24, 2.45) is 0 Å². The van der Waals surface area contributed by atoms with Gasteiger partial charge in [-0.25, -0.2) is 4.79 Å². The molecule has 156 valence electrons. The molecule has 8 heteroatoms. The van der Waals surface area contributed by atoms with Gasteiger partial charge in [0.05, 0.1) is 30.7 Å². The van der Waals surface area contributed by atoms with Crippen molar-refractivity contribution in [1.82, 2.24) is 9.13 Å². The van der Waals surface area contributed by atoms with Gasteiger partial charge in [-0.2, -0.15) is 0 Å². The van der Waals surface area contributed by atoms with E-state index in [1.807, 2.05) is 0 Å². The largest absolute Gasteiger partial charge is 0.497 e. The van der Waals surface area contributed by atoms with Gasteiger partial charge >= 0.3 is 5.69 Å². The quantitative estimate of drug-likeness (QED) is 0.672. The van der Waals surface area contributed by atoms with Crippen LogP contribution >= 0.6 is 0 Å². The van der Waals surface area contributed by atoms with Crippen LogP contribution in [0.3, 0.4) is 0 Å². The van der Waals surface area contributed by atoms with Crippen molar-refractivity contribution in [2.45, 2.75) is 32.0 Å². The lowest BCUT2D eigenvalue weighted by molar-refractivity contribution is -0.116. The van der Waals surface area contributed by atoms with Crippen LogP contribution in [0.2, 0.25) is 0 Å². The first-order valence-electron chi connectivity index (χ1n) is 9.84. The number of aromatic nitrogens is 2. The van der Waals surface area contributed by atoms with Crippen molar-refractivity contribution in [2.75, 3.05) is 19.0 Å². The van der Waals surface area contributed by atoms with E-state index in [0.29, 0.717) is 28.9 Å². The Morgan fingerprint density at radius 2 is 1.90 bits per heavy atom. The van der Waals surface area contributed by atoms with Gasteiger partial charge in [0.25, 0.3) is 5.56 Å². The van der Waals surface area contributed by atoms with Crippen LogP contribution in [-0.4, -0.2) is 34.9 Å². The van der Waals surface area contributed by atoms with E-state index in [4.69, 9.17) is 9.47 Å². The second-order valence-electron chi connectivity index (χ2n) is 7.21. The van der Waals surface area contributed by atoms with Crippen molar-refractivity contribution in [1.29, 1.82) is 0 Å². The van der Waals surface area contributed by atoms with Gasteiger partial charge in [-0.05, 0) is 49.2 Å².